The lowest BCUT2D eigenvalue weighted by Crippen LogP contribution is -2.31. The molecule has 0 saturated heterocycles. The van der Waals surface area contributed by atoms with Crippen molar-refractivity contribution in [1.82, 2.24) is 0 Å². The summed E-state index contributed by atoms with van der Waals surface area (Å²) >= 11 is 3.33. The van der Waals surface area contributed by atoms with E-state index in [1.165, 1.54) is 0 Å². The predicted octanol–water partition coefficient (Wildman–Crippen LogP) is 3.12. The van der Waals surface area contributed by atoms with Gasteiger partial charge in [0.15, 0.2) is 5.79 Å². The summed E-state index contributed by atoms with van der Waals surface area (Å²) in [5, 5.41) is 0.827. The molecule has 0 spiro atoms. The maximum Gasteiger partial charge on any atom is 0.187 e. The fourth-order valence-electron chi connectivity index (χ4n) is 1.15. The zero-order chi connectivity index (χ0) is 10.2. The van der Waals surface area contributed by atoms with E-state index in [9.17, 15) is 0 Å². The smallest absolute Gasteiger partial charge is 0.187 e. The van der Waals surface area contributed by atoms with Gasteiger partial charge in [0.2, 0.25) is 0 Å². The molecular formula is C10H19BrO2. The van der Waals surface area contributed by atoms with Crippen molar-refractivity contribution in [2.45, 2.75) is 32.0 Å². The van der Waals surface area contributed by atoms with Crippen molar-refractivity contribution in [3.8, 4) is 0 Å². The molecule has 0 aliphatic rings. The number of unbranched alkanes of at least 4 members (excludes halogenated alkanes) is 1. The zero-order valence-corrected chi connectivity index (χ0v) is 10.3. The van der Waals surface area contributed by atoms with Crippen LogP contribution in [0.15, 0.2) is 12.2 Å². The Kier molecular flexibility index (Phi) is 7.62. The molecular weight excluding hydrogens is 232 g/mol. The maximum atomic E-state index is 5.36. The van der Waals surface area contributed by atoms with Crippen molar-refractivity contribution in [3.05, 3.63) is 12.2 Å². The summed E-state index contributed by atoms with van der Waals surface area (Å²) in [5.74, 6) is -0.524. The van der Waals surface area contributed by atoms with Gasteiger partial charge in [0.05, 0.1) is 0 Å². The van der Waals surface area contributed by atoms with Gasteiger partial charge in [-0.3, -0.25) is 0 Å². The maximum absolute atomic E-state index is 5.36. The lowest BCUT2D eigenvalue weighted by molar-refractivity contribution is -0.174. The first kappa shape index (κ1) is 13.1. The predicted molar refractivity (Wildman–Crippen MR) is 59.2 cm³/mol. The summed E-state index contributed by atoms with van der Waals surface area (Å²) < 4.78 is 10.7. The van der Waals surface area contributed by atoms with Crippen LogP contribution >= 0.6 is 15.9 Å². The summed E-state index contributed by atoms with van der Waals surface area (Å²) in [6, 6.07) is 0. The molecule has 0 N–H and O–H groups in total. The summed E-state index contributed by atoms with van der Waals surface area (Å²) in [6.07, 6.45) is 7.13. The first-order chi connectivity index (χ1) is 6.24. The molecule has 78 valence electrons. The van der Waals surface area contributed by atoms with Crippen LogP contribution in [0, 0.1) is 0 Å². The molecule has 0 heterocycles. The number of halogens is 1. The van der Waals surface area contributed by atoms with E-state index >= 15 is 0 Å². The lowest BCUT2D eigenvalue weighted by atomic mass is 10.1. The second kappa shape index (κ2) is 7.54. The van der Waals surface area contributed by atoms with Crippen LogP contribution in [0.4, 0.5) is 0 Å². The Labute approximate surface area is 89.4 Å². The number of allylic oxidation sites excluding steroid dienone is 1. The minimum absolute atomic E-state index is 0.524. The van der Waals surface area contributed by atoms with Crippen LogP contribution in [-0.4, -0.2) is 25.3 Å². The van der Waals surface area contributed by atoms with Gasteiger partial charge in [-0.25, -0.2) is 0 Å². The molecule has 0 radical (unpaired) electrons. The zero-order valence-electron chi connectivity index (χ0n) is 8.68. The Balaban J connectivity index is 4.21. The minimum Gasteiger partial charge on any atom is -0.350 e. The van der Waals surface area contributed by atoms with Crippen molar-refractivity contribution >= 4 is 15.9 Å². The molecule has 0 aromatic heterocycles. The number of hydrogen-bond acceptors (Lipinski definition) is 2. The van der Waals surface area contributed by atoms with E-state index in [-0.39, 0.29) is 0 Å². The second-order valence-corrected chi connectivity index (χ2v) is 3.53. The highest BCUT2D eigenvalue weighted by Gasteiger charge is 2.24. The van der Waals surface area contributed by atoms with Crippen molar-refractivity contribution in [2.75, 3.05) is 19.5 Å². The van der Waals surface area contributed by atoms with Crippen LogP contribution in [-0.2, 0) is 9.47 Å². The second-order valence-electron chi connectivity index (χ2n) is 2.88. The molecule has 3 heteroatoms. The highest BCUT2D eigenvalue weighted by Crippen LogP contribution is 2.21. The third kappa shape index (κ3) is 4.79. The Bertz CT molecular complexity index is 142. The van der Waals surface area contributed by atoms with E-state index in [1.807, 2.05) is 12.2 Å². The molecule has 0 aliphatic carbocycles. The standard InChI is InChI=1S/C10H19BrO2/c1-4-5-7-10(12-2,13-3)8-6-9-11/h6,8H,4-5,7,9H2,1-3H3/b8-6+. The van der Waals surface area contributed by atoms with Gasteiger partial charge in [-0.2, -0.15) is 0 Å². The van der Waals surface area contributed by atoms with Gasteiger partial charge in [0.25, 0.3) is 0 Å². The van der Waals surface area contributed by atoms with Crippen LogP contribution in [0.1, 0.15) is 26.2 Å². The summed E-state index contributed by atoms with van der Waals surface area (Å²) in [6.45, 7) is 2.16. The van der Waals surface area contributed by atoms with Crippen molar-refractivity contribution < 1.29 is 9.47 Å². The molecule has 0 aliphatic heterocycles. The van der Waals surface area contributed by atoms with E-state index < -0.39 is 5.79 Å². The Hall–Kier alpha value is 0.140. The molecule has 0 bridgehead atoms. The molecule has 2 nitrogen and oxygen atoms in total. The van der Waals surface area contributed by atoms with Gasteiger partial charge in [-0.05, 0) is 12.5 Å². The third-order valence-electron chi connectivity index (χ3n) is 2.03. The van der Waals surface area contributed by atoms with Crippen molar-refractivity contribution in [3.63, 3.8) is 0 Å². The molecule has 0 saturated carbocycles. The van der Waals surface area contributed by atoms with Crippen LogP contribution in [0.3, 0.4) is 0 Å². The normalized spacial score (nSPS) is 12.6. The van der Waals surface area contributed by atoms with Gasteiger partial charge in [-0.1, -0.05) is 35.4 Å². The average Bonchev–Trinajstić information content (AvgIpc) is 2.20. The SMILES string of the molecule is CCCCC(/C=C/CBr)(OC)OC. The van der Waals surface area contributed by atoms with Crippen molar-refractivity contribution in [2.24, 2.45) is 0 Å². The van der Waals surface area contributed by atoms with Crippen LogP contribution < -0.4 is 0 Å². The molecule has 0 unspecified atom stereocenters. The highest BCUT2D eigenvalue weighted by molar-refractivity contribution is 9.09. The molecule has 0 rings (SSSR count). The van der Waals surface area contributed by atoms with E-state index in [0.717, 1.165) is 24.6 Å². The topological polar surface area (TPSA) is 18.5 Å². The number of ether oxygens (including phenoxy) is 2. The summed E-state index contributed by atoms with van der Waals surface area (Å²) in [7, 11) is 3.36. The number of hydrogen-bond donors (Lipinski definition) is 0. The largest absolute Gasteiger partial charge is 0.350 e. The highest BCUT2D eigenvalue weighted by atomic mass is 79.9. The van der Waals surface area contributed by atoms with Crippen LogP contribution in [0.25, 0.3) is 0 Å². The van der Waals surface area contributed by atoms with E-state index in [4.69, 9.17) is 9.47 Å². The van der Waals surface area contributed by atoms with Gasteiger partial charge in [0.1, 0.15) is 0 Å². The average molecular weight is 251 g/mol. The fourth-order valence-corrected chi connectivity index (χ4v) is 1.34. The number of rotatable bonds is 7. The van der Waals surface area contributed by atoms with E-state index in [2.05, 4.69) is 22.9 Å². The third-order valence-corrected chi connectivity index (χ3v) is 2.40. The monoisotopic (exact) mass is 250 g/mol. The van der Waals surface area contributed by atoms with Crippen LogP contribution in [0.2, 0.25) is 0 Å². The van der Waals surface area contributed by atoms with Crippen LogP contribution in [0.5, 0.6) is 0 Å². The molecule has 0 atom stereocenters. The molecule has 0 amide bonds. The number of methoxy groups -OCH3 is 2. The Morgan fingerprint density at radius 3 is 2.31 bits per heavy atom. The van der Waals surface area contributed by atoms with Gasteiger partial charge < -0.3 is 9.47 Å². The minimum atomic E-state index is -0.524. The summed E-state index contributed by atoms with van der Waals surface area (Å²) in [4.78, 5) is 0. The van der Waals surface area contributed by atoms with Gasteiger partial charge in [-0.15, -0.1) is 0 Å². The fraction of sp³-hybridized carbons (Fsp3) is 0.800. The first-order valence-electron chi connectivity index (χ1n) is 4.58. The van der Waals surface area contributed by atoms with Gasteiger partial charge >= 0.3 is 0 Å². The van der Waals surface area contributed by atoms with Crippen molar-refractivity contribution in [1.29, 1.82) is 0 Å². The number of alkyl halides is 1. The molecule has 0 fully saturated rings. The Morgan fingerprint density at radius 2 is 1.92 bits per heavy atom. The van der Waals surface area contributed by atoms with E-state index in [0.29, 0.717) is 0 Å². The lowest BCUT2D eigenvalue weighted by Gasteiger charge is -2.27. The Morgan fingerprint density at radius 1 is 1.31 bits per heavy atom. The molecule has 13 heavy (non-hydrogen) atoms. The van der Waals surface area contributed by atoms with E-state index in [1.54, 1.807) is 14.2 Å². The molecule has 0 aromatic carbocycles. The summed E-state index contributed by atoms with van der Waals surface area (Å²) in [5.41, 5.74) is 0. The quantitative estimate of drug-likeness (QED) is 0.393. The molecule has 0 aromatic rings. The van der Waals surface area contributed by atoms with Gasteiger partial charge in [0, 0.05) is 26.0 Å². The first-order valence-corrected chi connectivity index (χ1v) is 5.70.